The maximum atomic E-state index is 12.7. The second-order valence-electron chi connectivity index (χ2n) is 6.27. The molecule has 3 rings (SSSR count). The van der Waals surface area contributed by atoms with Gasteiger partial charge in [0.05, 0.1) is 5.38 Å². The van der Waals surface area contributed by atoms with Crippen molar-refractivity contribution in [2.24, 2.45) is 11.8 Å². The highest BCUT2D eigenvalue weighted by Gasteiger charge is 2.32. The van der Waals surface area contributed by atoms with Gasteiger partial charge in [0.2, 0.25) is 5.91 Å². The molecule has 108 valence electrons. The molecule has 20 heavy (non-hydrogen) atoms. The number of amides is 1. The van der Waals surface area contributed by atoms with E-state index in [0.717, 1.165) is 38.8 Å². The minimum Gasteiger partial charge on any atom is -0.341 e. The molecular weight excluding hydrogens is 270 g/mol. The first kappa shape index (κ1) is 13.9. The van der Waals surface area contributed by atoms with Gasteiger partial charge in [-0.3, -0.25) is 4.79 Å². The Balaban J connectivity index is 1.67. The van der Waals surface area contributed by atoms with Crippen molar-refractivity contribution < 1.29 is 4.79 Å². The van der Waals surface area contributed by atoms with E-state index >= 15 is 0 Å². The Morgan fingerprint density at radius 3 is 2.75 bits per heavy atom. The Labute approximate surface area is 126 Å². The molecule has 3 unspecified atom stereocenters. The summed E-state index contributed by atoms with van der Waals surface area (Å²) in [6, 6.07) is 8.51. The summed E-state index contributed by atoms with van der Waals surface area (Å²) >= 11 is 6.33. The van der Waals surface area contributed by atoms with E-state index in [0.29, 0.717) is 11.8 Å². The van der Waals surface area contributed by atoms with Crippen molar-refractivity contribution in [1.82, 2.24) is 4.90 Å². The van der Waals surface area contributed by atoms with Gasteiger partial charge in [0.15, 0.2) is 0 Å². The first-order valence-corrected chi connectivity index (χ1v) is 8.08. The summed E-state index contributed by atoms with van der Waals surface area (Å²) in [5, 5.41) is 0.114. The first-order valence-electron chi connectivity index (χ1n) is 7.65. The SMILES string of the molecule is CC1CCN(C(=O)C2CCc3ccccc3C2)CC1Cl. The van der Waals surface area contributed by atoms with E-state index in [-0.39, 0.29) is 11.3 Å². The van der Waals surface area contributed by atoms with E-state index in [9.17, 15) is 4.79 Å². The number of halogens is 1. The maximum Gasteiger partial charge on any atom is 0.226 e. The average Bonchev–Trinajstić information content (AvgIpc) is 2.49. The third-order valence-corrected chi connectivity index (χ3v) is 5.44. The van der Waals surface area contributed by atoms with Crippen LogP contribution in [-0.4, -0.2) is 29.3 Å². The average molecular weight is 292 g/mol. The predicted octanol–water partition coefficient (Wildman–Crippen LogP) is 3.27. The van der Waals surface area contributed by atoms with E-state index in [2.05, 4.69) is 31.2 Å². The highest BCUT2D eigenvalue weighted by atomic mass is 35.5. The number of carbonyl (C=O) groups is 1. The molecule has 2 nitrogen and oxygen atoms in total. The van der Waals surface area contributed by atoms with Crippen LogP contribution in [0.5, 0.6) is 0 Å². The molecular formula is C17H22ClNO. The summed E-state index contributed by atoms with van der Waals surface area (Å²) < 4.78 is 0. The first-order chi connectivity index (χ1) is 9.65. The van der Waals surface area contributed by atoms with E-state index < -0.39 is 0 Å². The van der Waals surface area contributed by atoms with Crippen LogP contribution in [0.4, 0.5) is 0 Å². The molecule has 1 aliphatic heterocycles. The maximum absolute atomic E-state index is 12.7. The summed E-state index contributed by atoms with van der Waals surface area (Å²) in [7, 11) is 0. The van der Waals surface area contributed by atoms with Gasteiger partial charge >= 0.3 is 0 Å². The number of fused-ring (bicyclic) bond motifs is 1. The van der Waals surface area contributed by atoms with E-state index in [1.54, 1.807) is 0 Å². The van der Waals surface area contributed by atoms with Crippen molar-refractivity contribution in [1.29, 1.82) is 0 Å². The van der Waals surface area contributed by atoms with Gasteiger partial charge in [-0.2, -0.15) is 0 Å². The second kappa shape index (κ2) is 5.77. The molecule has 1 aromatic rings. The largest absolute Gasteiger partial charge is 0.341 e. The number of benzene rings is 1. The molecule has 2 aliphatic rings. The number of rotatable bonds is 1. The van der Waals surface area contributed by atoms with Crippen LogP contribution in [0, 0.1) is 11.8 Å². The lowest BCUT2D eigenvalue weighted by molar-refractivity contribution is -0.137. The number of nitrogens with zero attached hydrogens (tertiary/aromatic N) is 1. The van der Waals surface area contributed by atoms with E-state index in [1.807, 2.05) is 4.90 Å². The van der Waals surface area contributed by atoms with E-state index in [4.69, 9.17) is 11.6 Å². The summed E-state index contributed by atoms with van der Waals surface area (Å²) in [6.45, 7) is 3.78. The number of likely N-dealkylation sites (tertiary alicyclic amines) is 1. The second-order valence-corrected chi connectivity index (χ2v) is 6.84. The molecule has 3 heteroatoms. The van der Waals surface area contributed by atoms with Gasteiger partial charge in [-0.15, -0.1) is 11.6 Å². The summed E-state index contributed by atoms with van der Waals surface area (Å²) in [5.74, 6) is 0.993. The molecule has 0 N–H and O–H groups in total. The van der Waals surface area contributed by atoms with Gasteiger partial charge in [0.25, 0.3) is 0 Å². The molecule has 0 spiro atoms. The number of carbonyl (C=O) groups excluding carboxylic acids is 1. The van der Waals surface area contributed by atoms with Crippen molar-refractivity contribution in [2.45, 2.75) is 38.0 Å². The molecule has 1 amide bonds. The van der Waals surface area contributed by atoms with Crippen LogP contribution in [0.15, 0.2) is 24.3 Å². The molecule has 1 saturated heterocycles. The fourth-order valence-corrected chi connectivity index (χ4v) is 3.68. The standard InChI is InChI=1S/C17H22ClNO/c1-12-8-9-19(11-16(12)18)17(20)15-7-6-13-4-2-3-5-14(13)10-15/h2-5,12,15-16H,6-11H2,1H3. The van der Waals surface area contributed by atoms with Gasteiger partial charge < -0.3 is 4.90 Å². The monoisotopic (exact) mass is 291 g/mol. The normalized spacial score (nSPS) is 29.9. The fraction of sp³-hybridized carbons (Fsp3) is 0.588. The lowest BCUT2D eigenvalue weighted by Crippen LogP contribution is -2.47. The zero-order valence-electron chi connectivity index (χ0n) is 12.0. The van der Waals surface area contributed by atoms with Gasteiger partial charge in [-0.1, -0.05) is 31.2 Å². The highest BCUT2D eigenvalue weighted by molar-refractivity contribution is 6.21. The van der Waals surface area contributed by atoms with Crippen LogP contribution in [0.25, 0.3) is 0 Å². The van der Waals surface area contributed by atoms with Gasteiger partial charge in [0.1, 0.15) is 0 Å². The predicted molar refractivity (Wildman–Crippen MR) is 82.0 cm³/mol. The molecule has 0 aromatic heterocycles. The fourth-order valence-electron chi connectivity index (χ4n) is 3.39. The number of hydrogen-bond acceptors (Lipinski definition) is 1. The zero-order chi connectivity index (χ0) is 14.1. The molecule has 3 atom stereocenters. The van der Waals surface area contributed by atoms with Gasteiger partial charge in [-0.05, 0) is 42.7 Å². The van der Waals surface area contributed by atoms with Crippen LogP contribution in [-0.2, 0) is 17.6 Å². The Kier molecular flexibility index (Phi) is 4.02. The van der Waals surface area contributed by atoms with Crippen molar-refractivity contribution in [3.05, 3.63) is 35.4 Å². The topological polar surface area (TPSA) is 20.3 Å². The smallest absolute Gasteiger partial charge is 0.226 e. The quantitative estimate of drug-likeness (QED) is 0.727. The number of aryl methyl sites for hydroxylation is 1. The molecule has 0 saturated carbocycles. The Morgan fingerprint density at radius 2 is 2.00 bits per heavy atom. The molecule has 0 bridgehead atoms. The minimum absolute atomic E-state index is 0.114. The lowest BCUT2D eigenvalue weighted by Gasteiger charge is -2.37. The van der Waals surface area contributed by atoms with Gasteiger partial charge in [-0.25, -0.2) is 0 Å². The summed E-state index contributed by atoms with van der Waals surface area (Å²) in [5.41, 5.74) is 2.77. The Morgan fingerprint density at radius 1 is 1.25 bits per heavy atom. The zero-order valence-corrected chi connectivity index (χ0v) is 12.8. The van der Waals surface area contributed by atoms with Crippen LogP contribution in [0.1, 0.15) is 30.9 Å². The van der Waals surface area contributed by atoms with Crippen molar-refractivity contribution in [3.63, 3.8) is 0 Å². The summed E-state index contributed by atoms with van der Waals surface area (Å²) in [4.78, 5) is 14.7. The number of piperidine rings is 1. The van der Waals surface area contributed by atoms with Crippen LogP contribution >= 0.6 is 11.6 Å². The molecule has 1 heterocycles. The number of hydrogen-bond donors (Lipinski definition) is 0. The Bertz CT molecular complexity index is 502. The third-order valence-electron chi connectivity index (χ3n) is 4.87. The molecule has 1 aliphatic carbocycles. The molecule has 0 radical (unpaired) electrons. The molecule has 1 aromatic carbocycles. The lowest BCUT2D eigenvalue weighted by atomic mass is 9.83. The summed E-state index contributed by atoms with van der Waals surface area (Å²) in [6.07, 6.45) is 3.94. The van der Waals surface area contributed by atoms with Crippen LogP contribution in [0.3, 0.4) is 0 Å². The molecule has 1 fully saturated rings. The van der Waals surface area contributed by atoms with Crippen LogP contribution in [0.2, 0.25) is 0 Å². The van der Waals surface area contributed by atoms with Gasteiger partial charge in [0, 0.05) is 19.0 Å². The van der Waals surface area contributed by atoms with Crippen LogP contribution < -0.4 is 0 Å². The van der Waals surface area contributed by atoms with Crippen molar-refractivity contribution in [2.75, 3.05) is 13.1 Å². The third kappa shape index (κ3) is 2.71. The minimum atomic E-state index is 0.114. The van der Waals surface area contributed by atoms with Crippen molar-refractivity contribution >= 4 is 17.5 Å². The van der Waals surface area contributed by atoms with E-state index in [1.165, 1.54) is 11.1 Å². The Hall–Kier alpha value is -1.02. The number of alkyl halides is 1. The highest BCUT2D eigenvalue weighted by Crippen LogP contribution is 2.29. The van der Waals surface area contributed by atoms with Crippen molar-refractivity contribution in [3.8, 4) is 0 Å².